The SMILES string of the molecule is C=CC(C)CC(C=C)C[C@H](C=C)CC/C=C\CC. The lowest BCUT2D eigenvalue weighted by Crippen LogP contribution is -2.08. The number of hydrogen-bond acceptors (Lipinski definition) is 0. The summed E-state index contributed by atoms with van der Waals surface area (Å²) in [5, 5.41) is 0. The molecular weight excluding hydrogens is 216 g/mol. The minimum absolute atomic E-state index is 0.568. The first kappa shape index (κ1) is 17.0. The van der Waals surface area contributed by atoms with Crippen LogP contribution in [0.3, 0.4) is 0 Å². The molecule has 18 heavy (non-hydrogen) atoms. The van der Waals surface area contributed by atoms with Crippen molar-refractivity contribution in [2.24, 2.45) is 17.8 Å². The lowest BCUT2D eigenvalue weighted by atomic mass is 9.85. The molecule has 0 fully saturated rings. The Hall–Kier alpha value is -1.04. The fourth-order valence-electron chi connectivity index (χ4n) is 2.18. The summed E-state index contributed by atoms with van der Waals surface area (Å²) in [6.45, 7) is 16.2. The summed E-state index contributed by atoms with van der Waals surface area (Å²) < 4.78 is 0. The van der Waals surface area contributed by atoms with E-state index in [-0.39, 0.29) is 0 Å². The highest BCUT2D eigenvalue weighted by atomic mass is 14.2. The predicted molar refractivity (Wildman–Crippen MR) is 84.6 cm³/mol. The molecule has 0 aliphatic carbocycles. The van der Waals surface area contributed by atoms with Crippen molar-refractivity contribution in [1.82, 2.24) is 0 Å². The van der Waals surface area contributed by atoms with E-state index in [9.17, 15) is 0 Å². The first-order chi connectivity index (χ1) is 8.67. The van der Waals surface area contributed by atoms with Crippen molar-refractivity contribution in [3.05, 3.63) is 50.1 Å². The van der Waals surface area contributed by atoms with Gasteiger partial charge in [-0.3, -0.25) is 0 Å². The molecule has 3 atom stereocenters. The summed E-state index contributed by atoms with van der Waals surface area (Å²) in [5.41, 5.74) is 0. The summed E-state index contributed by atoms with van der Waals surface area (Å²) >= 11 is 0. The van der Waals surface area contributed by atoms with Gasteiger partial charge in [0.2, 0.25) is 0 Å². The zero-order valence-corrected chi connectivity index (χ0v) is 12.3. The summed E-state index contributed by atoms with van der Waals surface area (Å²) in [6, 6.07) is 0. The standard InChI is InChI=1S/C18H30/c1-6-10-11-12-13-17(8-3)15-18(9-4)14-16(5)7-2/h7-11,16-18H,2-4,6,12-15H2,1,5H3/b11-10-/t16?,17-,18?/m1/s1. The van der Waals surface area contributed by atoms with Gasteiger partial charge in [0.25, 0.3) is 0 Å². The Morgan fingerprint density at radius 3 is 2.06 bits per heavy atom. The lowest BCUT2D eigenvalue weighted by molar-refractivity contribution is 0.411. The maximum atomic E-state index is 3.97. The molecule has 0 saturated heterocycles. The van der Waals surface area contributed by atoms with Crippen LogP contribution in [0.4, 0.5) is 0 Å². The largest absolute Gasteiger partial charge is 0.103 e. The molecular formula is C18H30. The second kappa shape index (κ2) is 11.1. The van der Waals surface area contributed by atoms with Crippen LogP contribution >= 0.6 is 0 Å². The van der Waals surface area contributed by atoms with Crippen LogP contribution < -0.4 is 0 Å². The van der Waals surface area contributed by atoms with Crippen molar-refractivity contribution in [2.75, 3.05) is 0 Å². The minimum Gasteiger partial charge on any atom is -0.103 e. The van der Waals surface area contributed by atoms with Crippen molar-refractivity contribution in [2.45, 2.75) is 46.0 Å². The summed E-state index contributed by atoms with van der Waals surface area (Å²) in [4.78, 5) is 0. The number of rotatable bonds is 11. The van der Waals surface area contributed by atoms with Gasteiger partial charge >= 0.3 is 0 Å². The molecule has 102 valence electrons. The van der Waals surface area contributed by atoms with Gasteiger partial charge in [0, 0.05) is 0 Å². The summed E-state index contributed by atoms with van der Waals surface area (Å²) in [7, 11) is 0. The lowest BCUT2D eigenvalue weighted by Gasteiger charge is -2.20. The number of allylic oxidation sites excluding steroid dienone is 5. The van der Waals surface area contributed by atoms with Crippen LogP contribution in [0.5, 0.6) is 0 Å². The Kier molecular flexibility index (Phi) is 10.4. The molecule has 0 saturated carbocycles. The average molecular weight is 246 g/mol. The van der Waals surface area contributed by atoms with E-state index in [4.69, 9.17) is 0 Å². The molecule has 2 unspecified atom stereocenters. The molecule has 0 amide bonds. The highest BCUT2D eigenvalue weighted by molar-refractivity contribution is 4.91. The van der Waals surface area contributed by atoms with E-state index in [2.05, 4.69) is 57.9 Å². The normalized spacial score (nSPS) is 16.1. The van der Waals surface area contributed by atoms with Crippen molar-refractivity contribution in [1.29, 1.82) is 0 Å². The van der Waals surface area contributed by atoms with E-state index in [0.29, 0.717) is 17.8 Å². The van der Waals surface area contributed by atoms with Gasteiger partial charge in [0.05, 0.1) is 0 Å². The van der Waals surface area contributed by atoms with Gasteiger partial charge in [0.1, 0.15) is 0 Å². The Balaban J connectivity index is 4.13. The third-order valence-corrected chi connectivity index (χ3v) is 3.46. The predicted octanol–water partition coefficient (Wildman–Crippen LogP) is 5.94. The quantitative estimate of drug-likeness (QED) is 0.396. The van der Waals surface area contributed by atoms with Crippen molar-refractivity contribution < 1.29 is 0 Å². The molecule has 0 heterocycles. The van der Waals surface area contributed by atoms with Gasteiger partial charge in [-0.15, -0.1) is 19.7 Å². The van der Waals surface area contributed by atoms with E-state index in [0.717, 1.165) is 19.3 Å². The van der Waals surface area contributed by atoms with Crippen LogP contribution in [0.2, 0.25) is 0 Å². The first-order valence-electron chi connectivity index (χ1n) is 7.20. The Bertz CT molecular complexity index is 259. The maximum Gasteiger partial charge on any atom is -0.0225 e. The van der Waals surface area contributed by atoms with E-state index < -0.39 is 0 Å². The third-order valence-electron chi connectivity index (χ3n) is 3.46. The Morgan fingerprint density at radius 2 is 1.56 bits per heavy atom. The molecule has 0 aliphatic heterocycles. The molecule has 0 spiro atoms. The van der Waals surface area contributed by atoms with E-state index in [1.807, 2.05) is 6.08 Å². The molecule has 0 nitrogen and oxygen atoms in total. The van der Waals surface area contributed by atoms with Crippen LogP contribution in [0, 0.1) is 17.8 Å². The van der Waals surface area contributed by atoms with Crippen molar-refractivity contribution >= 4 is 0 Å². The van der Waals surface area contributed by atoms with Crippen LogP contribution in [-0.4, -0.2) is 0 Å². The molecule has 0 heteroatoms. The zero-order chi connectivity index (χ0) is 13.8. The molecule has 0 aliphatic rings. The number of hydrogen-bond donors (Lipinski definition) is 0. The maximum absolute atomic E-state index is 3.97. The van der Waals surface area contributed by atoms with E-state index in [1.165, 1.54) is 12.8 Å². The van der Waals surface area contributed by atoms with Crippen LogP contribution in [0.15, 0.2) is 50.1 Å². The first-order valence-corrected chi connectivity index (χ1v) is 7.20. The third kappa shape index (κ3) is 8.11. The van der Waals surface area contributed by atoms with Crippen molar-refractivity contribution in [3.8, 4) is 0 Å². The Morgan fingerprint density at radius 1 is 0.889 bits per heavy atom. The molecule has 0 aromatic carbocycles. The average Bonchev–Trinajstić information content (AvgIpc) is 2.40. The van der Waals surface area contributed by atoms with Crippen molar-refractivity contribution in [3.63, 3.8) is 0 Å². The zero-order valence-electron chi connectivity index (χ0n) is 12.3. The minimum atomic E-state index is 0.568. The fraction of sp³-hybridized carbons (Fsp3) is 0.556. The summed E-state index contributed by atoms with van der Waals surface area (Å²) in [5.74, 6) is 1.75. The molecule has 0 radical (unpaired) electrons. The molecule has 0 aromatic heterocycles. The second-order valence-corrected chi connectivity index (χ2v) is 5.13. The van der Waals surface area contributed by atoms with Crippen LogP contribution in [-0.2, 0) is 0 Å². The molecule has 0 rings (SSSR count). The van der Waals surface area contributed by atoms with E-state index >= 15 is 0 Å². The van der Waals surface area contributed by atoms with Gasteiger partial charge in [-0.05, 0) is 49.9 Å². The van der Waals surface area contributed by atoms with Gasteiger partial charge in [-0.1, -0.05) is 44.2 Å². The van der Waals surface area contributed by atoms with Crippen LogP contribution in [0.1, 0.15) is 46.0 Å². The van der Waals surface area contributed by atoms with Crippen LogP contribution in [0.25, 0.3) is 0 Å². The van der Waals surface area contributed by atoms with Gasteiger partial charge in [-0.2, -0.15) is 0 Å². The van der Waals surface area contributed by atoms with E-state index in [1.54, 1.807) is 0 Å². The van der Waals surface area contributed by atoms with Gasteiger partial charge in [0.15, 0.2) is 0 Å². The molecule has 0 bridgehead atoms. The highest BCUT2D eigenvalue weighted by Gasteiger charge is 2.13. The molecule has 0 N–H and O–H groups in total. The smallest absolute Gasteiger partial charge is 0.0225 e. The molecule has 0 aromatic rings. The highest BCUT2D eigenvalue weighted by Crippen LogP contribution is 2.25. The van der Waals surface area contributed by atoms with Gasteiger partial charge < -0.3 is 0 Å². The Labute approximate surface area is 114 Å². The monoisotopic (exact) mass is 246 g/mol. The summed E-state index contributed by atoms with van der Waals surface area (Å²) in [6.07, 6.45) is 16.6. The second-order valence-electron chi connectivity index (χ2n) is 5.13. The van der Waals surface area contributed by atoms with Gasteiger partial charge in [-0.25, -0.2) is 0 Å². The topological polar surface area (TPSA) is 0 Å². The fourth-order valence-corrected chi connectivity index (χ4v) is 2.18.